The molecule has 0 atom stereocenters. The summed E-state index contributed by atoms with van der Waals surface area (Å²) in [4.78, 5) is 18.2. The van der Waals surface area contributed by atoms with E-state index >= 15 is 0 Å². The zero-order valence-electron chi connectivity index (χ0n) is 17.3. The van der Waals surface area contributed by atoms with Gasteiger partial charge < -0.3 is 9.88 Å². The lowest BCUT2D eigenvalue weighted by atomic mass is 10.2. The number of benzene rings is 3. The molecule has 160 valence electrons. The summed E-state index contributed by atoms with van der Waals surface area (Å²) in [7, 11) is 0. The lowest BCUT2D eigenvalue weighted by Crippen LogP contribution is -2.13. The first-order chi connectivity index (χ1) is 15.5. The van der Waals surface area contributed by atoms with Crippen molar-refractivity contribution < 1.29 is 4.79 Å². The zero-order chi connectivity index (χ0) is 22.1. The molecule has 2 aromatic heterocycles. The maximum Gasteiger partial charge on any atom is 0.236 e. The summed E-state index contributed by atoms with van der Waals surface area (Å²) in [6.45, 7) is 2.84. The first-order valence-corrected chi connectivity index (χ1v) is 12.8. The van der Waals surface area contributed by atoms with Crippen LogP contribution in [0, 0.1) is 6.92 Å². The Morgan fingerprint density at radius 1 is 1.12 bits per heavy atom. The van der Waals surface area contributed by atoms with E-state index in [1.165, 1.54) is 28.0 Å². The summed E-state index contributed by atoms with van der Waals surface area (Å²) in [6, 6.07) is 22.8. The van der Waals surface area contributed by atoms with Crippen LogP contribution in [0.25, 0.3) is 21.1 Å². The second kappa shape index (κ2) is 9.10. The molecular weight excluding hydrogens is 502 g/mol. The number of fused-ring (bicyclic) bond motifs is 2. The summed E-state index contributed by atoms with van der Waals surface area (Å²) in [5.74, 6) is 0.289. The van der Waals surface area contributed by atoms with Crippen molar-refractivity contribution in [3.05, 3.63) is 88.5 Å². The highest BCUT2D eigenvalue weighted by Gasteiger charge is 2.13. The number of anilines is 1. The normalized spacial score (nSPS) is 11.3. The molecule has 4 nitrogen and oxygen atoms in total. The van der Waals surface area contributed by atoms with E-state index < -0.39 is 0 Å². The molecule has 0 aliphatic rings. The lowest BCUT2D eigenvalue weighted by Gasteiger charge is -2.05. The van der Waals surface area contributed by atoms with Crippen molar-refractivity contribution in [2.75, 3.05) is 11.1 Å². The molecule has 0 saturated heterocycles. The lowest BCUT2D eigenvalue weighted by molar-refractivity contribution is -0.113. The molecule has 3 aromatic carbocycles. The summed E-state index contributed by atoms with van der Waals surface area (Å²) < 4.78 is 4.41. The fourth-order valence-corrected chi connectivity index (χ4v) is 5.76. The third-order valence-electron chi connectivity index (χ3n) is 5.17. The second-order valence-corrected chi connectivity index (χ2v) is 10.6. The smallest absolute Gasteiger partial charge is 0.236 e. The third kappa shape index (κ3) is 4.60. The molecule has 0 spiro atoms. The van der Waals surface area contributed by atoms with Crippen LogP contribution in [0.2, 0.25) is 0 Å². The van der Waals surface area contributed by atoms with Crippen LogP contribution >= 0.6 is 39.0 Å². The number of para-hydroxylation sites is 1. The Kier molecular flexibility index (Phi) is 6.04. The number of thiazole rings is 1. The van der Waals surface area contributed by atoms with E-state index in [9.17, 15) is 4.79 Å². The molecule has 0 aliphatic carbocycles. The van der Waals surface area contributed by atoms with E-state index in [4.69, 9.17) is 0 Å². The van der Waals surface area contributed by atoms with Gasteiger partial charge in [0.05, 0.1) is 16.0 Å². The minimum absolute atomic E-state index is 0.0458. The Morgan fingerprint density at radius 3 is 2.78 bits per heavy atom. The number of hydrogen-bond acceptors (Lipinski definition) is 4. The van der Waals surface area contributed by atoms with Crippen molar-refractivity contribution in [2.45, 2.75) is 18.4 Å². The van der Waals surface area contributed by atoms with E-state index in [-0.39, 0.29) is 5.91 Å². The Labute approximate surface area is 202 Å². The SMILES string of the molecule is Cc1ccc2nc(NC(=O)CSc3cn(Cc4ccc(Br)cc4)c4ccccc34)sc2c1. The number of rotatable bonds is 6. The van der Waals surface area contributed by atoms with Gasteiger partial charge in [0, 0.05) is 33.0 Å². The van der Waals surface area contributed by atoms with Gasteiger partial charge in [0.1, 0.15) is 0 Å². The molecule has 2 heterocycles. The molecule has 0 unspecified atom stereocenters. The first kappa shape index (κ1) is 21.2. The van der Waals surface area contributed by atoms with Gasteiger partial charge in [-0.2, -0.15) is 0 Å². The fourth-order valence-electron chi connectivity index (χ4n) is 3.63. The summed E-state index contributed by atoms with van der Waals surface area (Å²) in [5.41, 5.74) is 4.50. The minimum Gasteiger partial charge on any atom is -0.342 e. The number of hydrogen-bond donors (Lipinski definition) is 1. The monoisotopic (exact) mass is 521 g/mol. The van der Waals surface area contributed by atoms with Crippen LogP contribution in [0.15, 0.2) is 82.3 Å². The summed E-state index contributed by atoms with van der Waals surface area (Å²) >= 11 is 6.56. The molecule has 0 bridgehead atoms. The van der Waals surface area contributed by atoms with Crippen molar-refractivity contribution in [3.8, 4) is 0 Å². The standard InChI is InChI=1S/C25H20BrN3OS2/c1-16-6-11-20-22(12-16)32-25(27-20)28-24(30)15-31-23-14-29(21-5-3-2-4-19(21)23)13-17-7-9-18(26)10-8-17/h2-12,14H,13,15H2,1H3,(H,27,28,30). The van der Waals surface area contributed by atoms with Crippen LogP contribution in [-0.4, -0.2) is 21.2 Å². The largest absolute Gasteiger partial charge is 0.342 e. The Hall–Kier alpha value is -2.61. The predicted octanol–water partition coefficient (Wildman–Crippen LogP) is 7.10. The van der Waals surface area contributed by atoms with Crippen molar-refractivity contribution >= 4 is 71.2 Å². The zero-order valence-corrected chi connectivity index (χ0v) is 20.6. The van der Waals surface area contributed by atoms with Gasteiger partial charge in [-0.25, -0.2) is 4.98 Å². The average molecular weight is 522 g/mol. The molecule has 5 aromatic rings. The van der Waals surface area contributed by atoms with Crippen LogP contribution in [0.1, 0.15) is 11.1 Å². The third-order valence-corrected chi connectivity index (χ3v) is 7.67. The highest BCUT2D eigenvalue weighted by Crippen LogP contribution is 2.31. The molecule has 0 fully saturated rings. The second-order valence-electron chi connectivity index (χ2n) is 7.59. The van der Waals surface area contributed by atoms with Gasteiger partial charge in [0.25, 0.3) is 0 Å². The van der Waals surface area contributed by atoms with E-state index in [2.05, 4.69) is 92.4 Å². The topological polar surface area (TPSA) is 46.9 Å². The van der Waals surface area contributed by atoms with E-state index in [0.29, 0.717) is 10.9 Å². The number of thioether (sulfide) groups is 1. The average Bonchev–Trinajstić information content (AvgIpc) is 3.34. The van der Waals surface area contributed by atoms with Crippen molar-refractivity contribution in [3.63, 3.8) is 0 Å². The van der Waals surface area contributed by atoms with Gasteiger partial charge in [-0.15, -0.1) is 11.8 Å². The molecule has 1 N–H and O–H groups in total. The number of carbonyl (C=O) groups excluding carboxylic acids is 1. The van der Waals surface area contributed by atoms with Crippen LogP contribution < -0.4 is 5.32 Å². The number of amides is 1. The molecule has 32 heavy (non-hydrogen) atoms. The van der Waals surface area contributed by atoms with Crippen LogP contribution in [0.4, 0.5) is 5.13 Å². The van der Waals surface area contributed by atoms with Crippen LogP contribution in [0.5, 0.6) is 0 Å². The van der Waals surface area contributed by atoms with Crippen LogP contribution in [-0.2, 0) is 11.3 Å². The summed E-state index contributed by atoms with van der Waals surface area (Å²) in [6.07, 6.45) is 2.14. The van der Waals surface area contributed by atoms with Crippen molar-refractivity contribution in [2.24, 2.45) is 0 Å². The van der Waals surface area contributed by atoms with E-state index in [0.717, 1.165) is 31.5 Å². The molecular formula is C25H20BrN3OS2. The maximum absolute atomic E-state index is 12.6. The fraction of sp³-hybridized carbons (Fsp3) is 0.120. The van der Waals surface area contributed by atoms with Gasteiger partial charge >= 0.3 is 0 Å². The molecule has 5 rings (SSSR count). The van der Waals surface area contributed by atoms with Crippen molar-refractivity contribution in [1.29, 1.82) is 0 Å². The van der Waals surface area contributed by atoms with Crippen molar-refractivity contribution in [1.82, 2.24) is 9.55 Å². The quantitative estimate of drug-likeness (QED) is 0.242. The number of nitrogens with zero attached hydrogens (tertiary/aromatic N) is 2. The number of carbonyl (C=O) groups is 1. The number of halogens is 1. The Morgan fingerprint density at radius 2 is 1.94 bits per heavy atom. The van der Waals surface area contributed by atoms with E-state index in [1.54, 1.807) is 11.8 Å². The number of aromatic nitrogens is 2. The molecule has 1 amide bonds. The van der Waals surface area contributed by atoms with Gasteiger partial charge in [-0.3, -0.25) is 4.79 Å². The van der Waals surface area contributed by atoms with Gasteiger partial charge in [-0.1, -0.05) is 63.7 Å². The summed E-state index contributed by atoms with van der Waals surface area (Å²) in [5, 5.41) is 4.77. The predicted molar refractivity (Wildman–Crippen MR) is 139 cm³/mol. The number of aryl methyl sites for hydroxylation is 1. The number of nitrogens with one attached hydrogen (secondary N) is 1. The molecule has 0 aliphatic heterocycles. The molecule has 7 heteroatoms. The van der Waals surface area contributed by atoms with E-state index in [1.807, 2.05) is 18.2 Å². The first-order valence-electron chi connectivity index (χ1n) is 10.2. The highest BCUT2D eigenvalue weighted by molar-refractivity contribution is 9.10. The van der Waals surface area contributed by atoms with Gasteiger partial charge in [-0.05, 0) is 48.4 Å². The highest BCUT2D eigenvalue weighted by atomic mass is 79.9. The minimum atomic E-state index is -0.0458. The molecule has 0 saturated carbocycles. The van der Waals surface area contributed by atoms with Gasteiger partial charge in [0.15, 0.2) is 5.13 Å². The van der Waals surface area contributed by atoms with Gasteiger partial charge in [0.2, 0.25) is 5.91 Å². The maximum atomic E-state index is 12.6. The van der Waals surface area contributed by atoms with Crippen LogP contribution in [0.3, 0.4) is 0 Å². The Balaban J connectivity index is 1.31. The molecule has 0 radical (unpaired) electrons. The Bertz CT molecular complexity index is 1420.